The van der Waals surface area contributed by atoms with Crippen LogP contribution in [0.1, 0.15) is 20.7 Å². The van der Waals surface area contributed by atoms with Crippen LogP contribution in [0.25, 0.3) is 0 Å². The van der Waals surface area contributed by atoms with Gasteiger partial charge in [0.2, 0.25) is 0 Å². The second kappa shape index (κ2) is 3.19. The predicted octanol–water partition coefficient (Wildman–Crippen LogP) is 1.03. The number of aliphatic hydroxyl groups is 1. The fraction of sp³-hybridized carbons (Fsp3) is 0.200. The van der Waals surface area contributed by atoms with Gasteiger partial charge in [0.05, 0.1) is 0 Å². The number of carbonyl (C=O) groups excluding carboxylic acids is 2. The Labute approximate surface area is 85.3 Å². The Morgan fingerprint density at radius 1 is 1.07 bits per heavy atom. The minimum Gasteiger partial charge on any atom is -0.383 e. The molecule has 0 radical (unpaired) electrons. The van der Waals surface area contributed by atoms with Gasteiger partial charge >= 0.3 is 0 Å². The van der Waals surface area contributed by atoms with Gasteiger partial charge in [-0.25, -0.2) is 0 Å². The maximum atomic E-state index is 11.5. The number of Topliss-reactive ketones (excluding diaryl/α,β-unsaturated/α-hetero) is 2. The normalized spacial score (nSPS) is 26.1. The van der Waals surface area contributed by atoms with E-state index < -0.39 is 23.0 Å². The highest BCUT2D eigenvalue weighted by Crippen LogP contribution is 2.24. The molecule has 1 aromatic carbocycles. The Bertz CT molecular complexity index is 375. The van der Waals surface area contributed by atoms with Gasteiger partial charge in [-0.15, -0.1) is 11.6 Å². The summed E-state index contributed by atoms with van der Waals surface area (Å²) < 4.78 is 0. The zero-order valence-electron chi connectivity index (χ0n) is 7.11. The van der Waals surface area contributed by atoms with Gasteiger partial charge in [-0.05, 0) is 0 Å². The maximum Gasteiger partial charge on any atom is 0.194 e. The van der Waals surface area contributed by atoms with E-state index in [4.69, 9.17) is 11.6 Å². The molecule has 4 heteroatoms. The van der Waals surface area contributed by atoms with Gasteiger partial charge in [-0.3, -0.25) is 9.59 Å². The van der Waals surface area contributed by atoms with Gasteiger partial charge in [0.15, 0.2) is 11.6 Å². The lowest BCUT2D eigenvalue weighted by Gasteiger charge is -2.22. The first-order valence-electron chi connectivity index (χ1n) is 4.12. The minimum atomic E-state index is -1.42. The molecule has 0 bridgehead atoms. The Balaban J connectivity index is 2.62. The smallest absolute Gasteiger partial charge is 0.194 e. The number of rotatable bonds is 0. The summed E-state index contributed by atoms with van der Waals surface area (Å²) in [5.74, 6) is -0.880. The van der Waals surface area contributed by atoms with Crippen molar-refractivity contribution in [3.63, 3.8) is 0 Å². The van der Waals surface area contributed by atoms with E-state index in [1.165, 1.54) is 12.1 Å². The summed E-state index contributed by atoms with van der Waals surface area (Å²) in [4.78, 5) is 23.0. The van der Waals surface area contributed by atoms with Crippen molar-refractivity contribution < 1.29 is 14.7 Å². The lowest BCUT2D eigenvalue weighted by molar-refractivity contribution is 0.0662. The lowest BCUT2D eigenvalue weighted by Crippen LogP contribution is -2.41. The summed E-state index contributed by atoms with van der Waals surface area (Å²) >= 11 is 5.62. The molecule has 0 saturated carbocycles. The molecule has 72 valence electrons. The molecule has 0 aromatic heterocycles. The van der Waals surface area contributed by atoms with E-state index in [-0.39, 0.29) is 5.56 Å². The number of benzene rings is 1. The SMILES string of the molecule is O=C1c2ccccc2C(=O)[C@H](Cl)[C@H]1O. The number of carbonyl (C=O) groups is 2. The molecule has 1 N–H and O–H groups in total. The molecule has 1 aromatic rings. The number of fused-ring (bicyclic) bond motifs is 1. The van der Waals surface area contributed by atoms with Crippen molar-refractivity contribution in [2.75, 3.05) is 0 Å². The van der Waals surface area contributed by atoms with E-state index in [0.29, 0.717) is 5.56 Å². The summed E-state index contributed by atoms with van der Waals surface area (Å²) in [5, 5.41) is 8.21. The molecule has 0 unspecified atom stereocenters. The van der Waals surface area contributed by atoms with E-state index >= 15 is 0 Å². The molecule has 2 atom stereocenters. The van der Waals surface area contributed by atoms with Crippen LogP contribution in [-0.2, 0) is 0 Å². The highest BCUT2D eigenvalue weighted by atomic mass is 35.5. The van der Waals surface area contributed by atoms with Crippen LogP contribution in [0.2, 0.25) is 0 Å². The highest BCUT2D eigenvalue weighted by Gasteiger charge is 2.38. The van der Waals surface area contributed by atoms with Crippen molar-refractivity contribution in [3.05, 3.63) is 35.4 Å². The van der Waals surface area contributed by atoms with Gasteiger partial charge in [-0.1, -0.05) is 24.3 Å². The molecule has 0 saturated heterocycles. The van der Waals surface area contributed by atoms with Crippen LogP contribution in [0.5, 0.6) is 0 Å². The zero-order valence-corrected chi connectivity index (χ0v) is 7.86. The molecule has 14 heavy (non-hydrogen) atoms. The molecule has 0 fully saturated rings. The van der Waals surface area contributed by atoms with Gasteiger partial charge < -0.3 is 5.11 Å². The second-order valence-electron chi connectivity index (χ2n) is 3.12. The Hall–Kier alpha value is -1.19. The molecule has 0 amide bonds. The number of alkyl halides is 1. The van der Waals surface area contributed by atoms with Crippen molar-refractivity contribution in [1.29, 1.82) is 0 Å². The largest absolute Gasteiger partial charge is 0.383 e. The number of hydrogen-bond acceptors (Lipinski definition) is 3. The van der Waals surface area contributed by atoms with E-state index in [0.717, 1.165) is 0 Å². The molecular formula is C10H7ClO3. The van der Waals surface area contributed by atoms with Crippen LogP contribution < -0.4 is 0 Å². The van der Waals surface area contributed by atoms with Crippen LogP contribution >= 0.6 is 11.6 Å². The number of hydrogen-bond donors (Lipinski definition) is 1. The van der Waals surface area contributed by atoms with Crippen LogP contribution in [0, 0.1) is 0 Å². The van der Waals surface area contributed by atoms with E-state index in [1.54, 1.807) is 12.1 Å². The summed E-state index contributed by atoms with van der Waals surface area (Å²) in [7, 11) is 0. The van der Waals surface area contributed by atoms with Crippen molar-refractivity contribution in [1.82, 2.24) is 0 Å². The van der Waals surface area contributed by atoms with E-state index in [2.05, 4.69) is 0 Å². The molecule has 0 aliphatic heterocycles. The first-order chi connectivity index (χ1) is 6.63. The van der Waals surface area contributed by atoms with Crippen molar-refractivity contribution in [2.24, 2.45) is 0 Å². The number of halogens is 1. The quantitative estimate of drug-likeness (QED) is 0.651. The Morgan fingerprint density at radius 3 is 2.14 bits per heavy atom. The maximum absolute atomic E-state index is 11.5. The summed E-state index contributed by atoms with van der Waals surface area (Å²) in [5.41, 5.74) is 0.546. The molecular weight excluding hydrogens is 204 g/mol. The van der Waals surface area contributed by atoms with Crippen LogP contribution in [0.15, 0.2) is 24.3 Å². The molecule has 3 nitrogen and oxygen atoms in total. The lowest BCUT2D eigenvalue weighted by atomic mass is 9.87. The van der Waals surface area contributed by atoms with Crippen molar-refractivity contribution in [3.8, 4) is 0 Å². The highest BCUT2D eigenvalue weighted by molar-refractivity contribution is 6.39. The number of ketones is 2. The fourth-order valence-electron chi connectivity index (χ4n) is 1.50. The Morgan fingerprint density at radius 2 is 1.57 bits per heavy atom. The van der Waals surface area contributed by atoms with Gasteiger partial charge in [0.1, 0.15) is 11.5 Å². The van der Waals surface area contributed by atoms with Gasteiger partial charge in [-0.2, -0.15) is 0 Å². The first-order valence-corrected chi connectivity index (χ1v) is 4.56. The average Bonchev–Trinajstić information content (AvgIpc) is 2.23. The average molecular weight is 211 g/mol. The van der Waals surface area contributed by atoms with Crippen molar-refractivity contribution >= 4 is 23.2 Å². The molecule has 1 aliphatic carbocycles. The third-order valence-electron chi connectivity index (χ3n) is 2.25. The molecule has 0 spiro atoms. The molecule has 1 aliphatic rings. The minimum absolute atomic E-state index is 0.252. The topological polar surface area (TPSA) is 54.4 Å². The summed E-state index contributed by atoms with van der Waals surface area (Å²) in [6.45, 7) is 0. The van der Waals surface area contributed by atoms with Crippen molar-refractivity contribution in [2.45, 2.75) is 11.5 Å². The zero-order chi connectivity index (χ0) is 10.3. The summed E-state index contributed by atoms with van der Waals surface area (Å²) in [6, 6.07) is 6.36. The molecule has 0 heterocycles. The molecule has 2 rings (SSSR count). The Kier molecular flexibility index (Phi) is 2.13. The van der Waals surface area contributed by atoms with Crippen LogP contribution in [0.4, 0.5) is 0 Å². The van der Waals surface area contributed by atoms with Gasteiger partial charge in [0.25, 0.3) is 0 Å². The standard InChI is InChI=1S/C10H7ClO3/c11-7-8(12)5-3-1-2-4-6(5)9(13)10(7)14/h1-4,7,10,14H/t7-,10+/m0/s1. The van der Waals surface area contributed by atoms with E-state index in [9.17, 15) is 14.7 Å². The van der Waals surface area contributed by atoms with Crippen LogP contribution in [-0.4, -0.2) is 28.2 Å². The second-order valence-corrected chi connectivity index (χ2v) is 3.59. The van der Waals surface area contributed by atoms with Gasteiger partial charge in [0, 0.05) is 11.1 Å². The fourth-order valence-corrected chi connectivity index (χ4v) is 1.73. The van der Waals surface area contributed by atoms with Crippen LogP contribution in [0.3, 0.4) is 0 Å². The summed E-state index contributed by atoms with van der Waals surface area (Å²) in [6.07, 6.45) is -1.42. The third kappa shape index (κ3) is 1.17. The monoisotopic (exact) mass is 210 g/mol. The third-order valence-corrected chi connectivity index (χ3v) is 2.69. The first kappa shape index (κ1) is 9.37. The number of aliphatic hydroxyl groups excluding tert-OH is 1. The predicted molar refractivity (Wildman–Crippen MR) is 50.8 cm³/mol. The van der Waals surface area contributed by atoms with E-state index in [1.807, 2.05) is 0 Å².